The van der Waals surface area contributed by atoms with Crippen LogP contribution in [-0.2, 0) is 4.74 Å². The van der Waals surface area contributed by atoms with Gasteiger partial charge in [-0.25, -0.2) is 4.98 Å². The minimum Gasteiger partial charge on any atom is -0.464 e. The molecule has 0 aliphatic carbocycles. The number of thiophene rings is 1. The molecule has 3 aliphatic rings. The van der Waals surface area contributed by atoms with Gasteiger partial charge >= 0.3 is 0 Å². The molecule has 0 unspecified atom stereocenters. The second-order valence-electron chi connectivity index (χ2n) is 8.62. The van der Waals surface area contributed by atoms with E-state index in [2.05, 4.69) is 9.88 Å². The van der Waals surface area contributed by atoms with Crippen LogP contribution in [0.15, 0.2) is 41.1 Å². The first-order valence-corrected chi connectivity index (χ1v) is 11.1. The van der Waals surface area contributed by atoms with E-state index < -0.39 is 5.60 Å². The molecule has 1 N–H and O–H groups in total. The Kier molecular flexibility index (Phi) is 4.00. The van der Waals surface area contributed by atoms with Crippen molar-refractivity contribution >= 4 is 34.0 Å². The molecule has 156 valence electrons. The molecule has 6 heterocycles. The number of hydrogen-bond acceptors (Lipinski definition) is 7. The SMILES string of the molecule is Cc1ccc(C(=O)N2C[C@H]3O[C@]4(C2)CN(c2nccc5occc25)C[C@@H]4[C@@H]3CO)s1. The van der Waals surface area contributed by atoms with Crippen molar-refractivity contribution < 1.29 is 19.1 Å². The second kappa shape index (κ2) is 6.54. The third-order valence-corrected chi connectivity index (χ3v) is 7.89. The maximum atomic E-state index is 13.2. The Morgan fingerprint density at radius 3 is 3.00 bits per heavy atom. The van der Waals surface area contributed by atoms with E-state index in [1.54, 1.807) is 12.5 Å². The van der Waals surface area contributed by atoms with Crippen molar-refractivity contribution in [3.8, 4) is 0 Å². The number of likely N-dealkylation sites (tertiary alicyclic amines) is 1. The molecule has 7 nitrogen and oxygen atoms in total. The smallest absolute Gasteiger partial charge is 0.264 e. The average Bonchev–Trinajstić information content (AvgIpc) is 3.49. The van der Waals surface area contributed by atoms with E-state index in [4.69, 9.17) is 9.15 Å². The van der Waals surface area contributed by atoms with Crippen LogP contribution in [0.25, 0.3) is 11.0 Å². The summed E-state index contributed by atoms with van der Waals surface area (Å²) in [7, 11) is 0. The Morgan fingerprint density at radius 1 is 1.30 bits per heavy atom. The number of anilines is 1. The van der Waals surface area contributed by atoms with Gasteiger partial charge in [0.2, 0.25) is 0 Å². The van der Waals surface area contributed by atoms with Crippen molar-refractivity contribution in [1.29, 1.82) is 0 Å². The molecule has 3 aromatic heterocycles. The van der Waals surface area contributed by atoms with Gasteiger partial charge in [-0.2, -0.15) is 0 Å². The number of fused-ring (bicyclic) bond motifs is 2. The number of hydrogen-bond donors (Lipinski definition) is 1. The molecular formula is C22H23N3O4S. The van der Waals surface area contributed by atoms with Crippen LogP contribution in [0.1, 0.15) is 14.5 Å². The number of pyridine rings is 1. The number of carbonyl (C=O) groups excluding carboxylic acids is 1. The first kappa shape index (κ1) is 18.4. The van der Waals surface area contributed by atoms with Crippen LogP contribution >= 0.6 is 11.3 Å². The lowest BCUT2D eigenvalue weighted by Crippen LogP contribution is -2.55. The number of aliphatic hydroxyl groups is 1. The number of amides is 1. The van der Waals surface area contributed by atoms with Gasteiger partial charge in [-0.1, -0.05) is 0 Å². The van der Waals surface area contributed by atoms with Gasteiger partial charge in [-0.05, 0) is 31.2 Å². The quantitative estimate of drug-likeness (QED) is 0.695. The van der Waals surface area contributed by atoms with E-state index in [0.29, 0.717) is 19.6 Å². The highest BCUT2D eigenvalue weighted by atomic mass is 32.1. The zero-order valence-corrected chi connectivity index (χ0v) is 17.5. The van der Waals surface area contributed by atoms with Gasteiger partial charge in [0.1, 0.15) is 17.0 Å². The van der Waals surface area contributed by atoms with E-state index in [1.807, 2.05) is 36.1 Å². The van der Waals surface area contributed by atoms with Crippen molar-refractivity contribution in [2.45, 2.75) is 18.6 Å². The van der Waals surface area contributed by atoms with Gasteiger partial charge in [-0.3, -0.25) is 4.79 Å². The molecule has 2 bridgehead atoms. The van der Waals surface area contributed by atoms with Crippen LogP contribution < -0.4 is 4.90 Å². The standard InChI is InChI=1S/C22H23N3O4S/c1-13-2-3-19(30-13)21(27)25-9-18-15(10-26)16-8-24(11-22(16,12-25)29-18)20-14-5-7-28-17(14)4-6-23-20/h2-7,15-16,18,26H,8-12H2,1H3/t15-,16+,18+,22-/m0/s1. The summed E-state index contributed by atoms with van der Waals surface area (Å²) in [4.78, 5) is 23.8. The summed E-state index contributed by atoms with van der Waals surface area (Å²) in [6, 6.07) is 7.69. The number of ether oxygens (including phenoxy) is 1. The van der Waals surface area contributed by atoms with Crippen molar-refractivity contribution in [1.82, 2.24) is 9.88 Å². The summed E-state index contributed by atoms with van der Waals surface area (Å²) in [6.07, 6.45) is 3.31. The number of morpholine rings is 1. The maximum Gasteiger partial charge on any atom is 0.264 e. The fraction of sp³-hybridized carbons (Fsp3) is 0.455. The summed E-state index contributed by atoms with van der Waals surface area (Å²) in [5.41, 5.74) is 0.326. The van der Waals surface area contributed by atoms with Gasteiger partial charge in [-0.15, -0.1) is 11.3 Å². The highest BCUT2D eigenvalue weighted by Crippen LogP contribution is 2.50. The van der Waals surface area contributed by atoms with Gasteiger partial charge in [0.25, 0.3) is 5.91 Å². The number of nitrogens with zero attached hydrogens (tertiary/aromatic N) is 3. The molecule has 0 radical (unpaired) electrons. The molecule has 6 rings (SSSR count). The van der Waals surface area contributed by atoms with Crippen LogP contribution in [0.4, 0.5) is 5.82 Å². The number of carbonyl (C=O) groups is 1. The molecule has 1 spiro atoms. The molecule has 3 fully saturated rings. The molecule has 8 heteroatoms. The summed E-state index contributed by atoms with van der Waals surface area (Å²) in [5, 5.41) is 11.1. The van der Waals surface area contributed by atoms with Gasteiger partial charge in [0.05, 0.1) is 35.7 Å². The Morgan fingerprint density at radius 2 is 2.20 bits per heavy atom. The van der Waals surface area contributed by atoms with Gasteiger partial charge < -0.3 is 24.1 Å². The maximum absolute atomic E-state index is 13.2. The Labute approximate surface area is 177 Å². The van der Waals surface area contributed by atoms with E-state index in [-0.39, 0.29) is 30.5 Å². The third kappa shape index (κ3) is 2.57. The van der Waals surface area contributed by atoms with Crippen LogP contribution in [0.3, 0.4) is 0 Å². The molecule has 3 saturated heterocycles. The molecule has 4 atom stereocenters. The lowest BCUT2D eigenvalue weighted by atomic mass is 9.83. The normalized spacial score (nSPS) is 30.3. The minimum absolute atomic E-state index is 0.0152. The highest BCUT2D eigenvalue weighted by Gasteiger charge is 2.63. The number of aliphatic hydroxyl groups excluding tert-OH is 1. The molecule has 3 aliphatic heterocycles. The largest absolute Gasteiger partial charge is 0.464 e. The predicted molar refractivity (Wildman–Crippen MR) is 113 cm³/mol. The second-order valence-corrected chi connectivity index (χ2v) is 9.91. The molecule has 30 heavy (non-hydrogen) atoms. The monoisotopic (exact) mass is 425 g/mol. The molecule has 0 aromatic carbocycles. The number of rotatable bonds is 3. The van der Waals surface area contributed by atoms with Crippen LogP contribution in [0, 0.1) is 18.8 Å². The Bertz CT molecular complexity index is 1130. The van der Waals surface area contributed by atoms with Gasteiger partial charge in [0, 0.05) is 42.6 Å². The summed E-state index contributed by atoms with van der Waals surface area (Å²) < 4.78 is 12.1. The van der Waals surface area contributed by atoms with Crippen LogP contribution in [-0.4, -0.2) is 65.4 Å². The van der Waals surface area contributed by atoms with E-state index in [1.165, 1.54) is 11.3 Å². The molecular weight excluding hydrogens is 402 g/mol. The Hall–Kier alpha value is -2.42. The van der Waals surface area contributed by atoms with Crippen molar-refractivity contribution in [3.63, 3.8) is 0 Å². The van der Waals surface area contributed by atoms with Crippen molar-refractivity contribution in [3.05, 3.63) is 46.5 Å². The molecule has 3 aromatic rings. The summed E-state index contributed by atoms with van der Waals surface area (Å²) >= 11 is 1.53. The van der Waals surface area contributed by atoms with Crippen molar-refractivity contribution in [2.24, 2.45) is 11.8 Å². The molecule has 0 saturated carbocycles. The fourth-order valence-corrected chi connectivity index (χ4v) is 6.42. The van der Waals surface area contributed by atoms with Crippen LogP contribution in [0.2, 0.25) is 0 Å². The molecule has 1 amide bonds. The predicted octanol–water partition coefficient (Wildman–Crippen LogP) is 2.54. The summed E-state index contributed by atoms with van der Waals surface area (Å²) in [6.45, 7) is 4.55. The topological polar surface area (TPSA) is 79.0 Å². The number of aromatic nitrogens is 1. The van der Waals surface area contributed by atoms with Crippen molar-refractivity contribution in [2.75, 3.05) is 37.7 Å². The fourth-order valence-electron chi connectivity index (χ4n) is 5.59. The van der Waals surface area contributed by atoms with Crippen LogP contribution in [0.5, 0.6) is 0 Å². The minimum atomic E-state index is -0.480. The number of aryl methyl sites for hydroxylation is 1. The highest BCUT2D eigenvalue weighted by molar-refractivity contribution is 7.13. The third-order valence-electron chi connectivity index (χ3n) is 6.90. The first-order chi connectivity index (χ1) is 14.6. The lowest BCUT2D eigenvalue weighted by molar-refractivity contribution is -0.100. The lowest BCUT2D eigenvalue weighted by Gasteiger charge is -2.40. The first-order valence-electron chi connectivity index (χ1n) is 10.3. The zero-order valence-electron chi connectivity index (χ0n) is 16.7. The van der Waals surface area contributed by atoms with E-state index in [9.17, 15) is 9.90 Å². The average molecular weight is 426 g/mol. The number of furan rings is 1. The van der Waals surface area contributed by atoms with Gasteiger partial charge in [0.15, 0.2) is 0 Å². The van der Waals surface area contributed by atoms with E-state index in [0.717, 1.165) is 33.1 Å². The zero-order chi connectivity index (χ0) is 20.5. The Balaban J connectivity index is 1.33. The summed E-state index contributed by atoms with van der Waals surface area (Å²) in [5.74, 6) is 1.10. The van der Waals surface area contributed by atoms with E-state index >= 15 is 0 Å².